The highest BCUT2D eigenvalue weighted by Crippen LogP contribution is 2.17. The number of nitrogens with zero attached hydrogens (tertiary/aromatic N) is 3. The van der Waals surface area contributed by atoms with Crippen molar-refractivity contribution < 1.29 is 9.90 Å². The summed E-state index contributed by atoms with van der Waals surface area (Å²) in [5.74, 6) is -0.0945. The van der Waals surface area contributed by atoms with Gasteiger partial charge in [0.25, 0.3) is 0 Å². The largest absolute Gasteiger partial charge is 0.481 e. The van der Waals surface area contributed by atoms with Crippen LogP contribution in [0.3, 0.4) is 0 Å². The molecule has 1 rings (SSSR count). The van der Waals surface area contributed by atoms with Gasteiger partial charge in [-0.2, -0.15) is 0 Å². The maximum atomic E-state index is 10.4. The van der Waals surface area contributed by atoms with Crippen molar-refractivity contribution in [2.75, 3.05) is 24.7 Å². The molecule has 0 bridgehead atoms. The zero-order valence-corrected chi connectivity index (χ0v) is 9.71. The van der Waals surface area contributed by atoms with Crippen LogP contribution in [0.1, 0.15) is 5.69 Å². The molecule has 0 aliphatic rings. The maximum absolute atomic E-state index is 10.4. The van der Waals surface area contributed by atoms with Crippen molar-refractivity contribution in [2.24, 2.45) is 0 Å². The Labute approximate surface area is 92.5 Å². The Morgan fingerprint density at radius 3 is 2.73 bits per heavy atom. The van der Waals surface area contributed by atoms with E-state index in [0.29, 0.717) is 5.16 Å². The van der Waals surface area contributed by atoms with Crippen molar-refractivity contribution in [1.82, 2.24) is 9.97 Å². The van der Waals surface area contributed by atoms with Gasteiger partial charge in [0.1, 0.15) is 5.82 Å². The molecule has 0 fully saturated rings. The molecule has 1 aromatic heterocycles. The molecule has 0 atom stereocenters. The summed E-state index contributed by atoms with van der Waals surface area (Å²) in [6.07, 6.45) is 0. The summed E-state index contributed by atoms with van der Waals surface area (Å²) in [6.45, 7) is 1.86. The van der Waals surface area contributed by atoms with Gasteiger partial charge in [0.05, 0.1) is 5.75 Å². The minimum absolute atomic E-state index is 0.0175. The highest BCUT2D eigenvalue weighted by Gasteiger charge is 2.06. The second-order valence-corrected chi connectivity index (χ2v) is 4.17. The molecule has 1 aromatic rings. The van der Waals surface area contributed by atoms with Crippen molar-refractivity contribution in [1.29, 1.82) is 0 Å². The predicted octanol–water partition coefficient (Wildman–Crippen LogP) is 1.03. The number of hydrogen-bond acceptors (Lipinski definition) is 5. The Hall–Kier alpha value is -1.30. The number of thioether (sulfide) groups is 1. The molecule has 6 heteroatoms. The summed E-state index contributed by atoms with van der Waals surface area (Å²) in [4.78, 5) is 20.6. The molecule has 1 heterocycles. The fourth-order valence-electron chi connectivity index (χ4n) is 0.945. The molecule has 82 valence electrons. The van der Waals surface area contributed by atoms with Crippen LogP contribution in [0.2, 0.25) is 0 Å². The van der Waals surface area contributed by atoms with E-state index in [2.05, 4.69) is 9.97 Å². The minimum Gasteiger partial charge on any atom is -0.481 e. The van der Waals surface area contributed by atoms with Crippen molar-refractivity contribution in [3.05, 3.63) is 11.8 Å². The van der Waals surface area contributed by atoms with Crippen LogP contribution in [-0.2, 0) is 4.79 Å². The molecule has 0 amide bonds. The summed E-state index contributed by atoms with van der Waals surface area (Å²) >= 11 is 1.13. The standard InChI is InChI=1S/C9H13N3O2S/c1-6-4-7(12(2)3)11-9(10-6)15-5-8(13)14/h4H,5H2,1-3H3,(H,13,14). The van der Waals surface area contributed by atoms with Gasteiger partial charge in [0, 0.05) is 25.9 Å². The average molecular weight is 227 g/mol. The van der Waals surface area contributed by atoms with Gasteiger partial charge in [-0.3, -0.25) is 4.79 Å². The maximum Gasteiger partial charge on any atom is 0.313 e. The Balaban J connectivity index is 2.84. The third-order valence-corrected chi connectivity index (χ3v) is 2.44. The van der Waals surface area contributed by atoms with Gasteiger partial charge in [-0.15, -0.1) is 0 Å². The SMILES string of the molecule is Cc1cc(N(C)C)nc(SCC(=O)O)n1. The van der Waals surface area contributed by atoms with Gasteiger partial charge in [-0.05, 0) is 6.92 Å². The Kier molecular flexibility index (Phi) is 3.90. The van der Waals surface area contributed by atoms with Crippen molar-refractivity contribution in [3.8, 4) is 0 Å². The first-order valence-corrected chi connectivity index (χ1v) is 5.35. The first-order valence-electron chi connectivity index (χ1n) is 4.36. The van der Waals surface area contributed by atoms with Crippen LogP contribution in [0.25, 0.3) is 0 Å². The van der Waals surface area contributed by atoms with Crippen LogP contribution in [0, 0.1) is 6.92 Å². The highest BCUT2D eigenvalue weighted by atomic mass is 32.2. The average Bonchev–Trinajstić information content (AvgIpc) is 2.13. The van der Waals surface area contributed by atoms with E-state index in [9.17, 15) is 4.79 Å². The molecule has 15 heavy (non-hydrogen) atoms. The molecule has 0 unspecified atom stereocenters. The second kappa shape index (κ2) is 4.97. The lowest BCUT2D eigenvalue weighted by Gasteiger charge is -2.12. The van der Waals surface area contributed by atoms with Gasteiger partial charge in [0.2, 0.25) is 0 Å². The van der Waals surface area contributed by atoms with Crippen LogP contribution < -0.4 is 4.90 Å². The number of aromatic nitrogens is 2. The summed E-state index contributed by atoms with van der Waals surface area (Å²) in [5, 5.41) is 9.04. The van der Waals surface area contributed by atoms with E-state index in [4.69, 9.17) is 5.11 Å². The summed E-state index contributed by atoms with van der Waals surface area (Å²) in [6, 6.07) is 1.85. The van der Waals surface area contributed by atoms with E-state index in [1.807, 2.05) is 32.0 Å². The monoisotopic (exact) mass is 227 g/mol. The molecule has 5 nitrogen and oxygen atoms in total. The molecular formula is C9H13N3O2S. The number of hydrogen-bond donors (Lipinski definition) is 1. The van der Waals surface area contributed by atoms with E-state index in [0.717, 1.165) is 23.3 Å². The predicted molar refractivity (Wildman–Crippen MR) is 59.5 cm³/mol. The zero-order valence-electron chi connectivity index (χ0n) is 8.89. The number of carboxylic acid groups (broad SMARTS) is 1. The lowest BCUT2D eigenvalue weighted by atomic mass is 10.4. The van der Waals surface area contributed by atoms with Gasteiger partial charge >= 0.3 is 5.97 Å². The van der Waals surface area contributed by atoms with Crippen molar-refractivity contribution in [2.45, 2.75) is 12.1 Å². The number of rotatable bonds is 4. The summed E-state index contributed by atoms with van der Waals surface area (Å²) < 4.78 is 0. The molecule has 0 aromatic carbocycles. The smallest absolute Gasteiger partial charge is 0.313 e. The Morgan fingerprint density at radius 2 is 2.20 bits per heavy atom. The number of carbonyl (C=O) groups is 1. The minimum atomic E-state index is -0.864. The Bertz CT molecular complexity index is 368. The number of carboxylic acids is 1. The van der Waals surface area contributed by atoms with Gasteiger partial charge < -0.3 is 10.0 Å². The Morgan fingerprint density at radius 1 is 1.53 bits per heavy atom. The lowest BCUT2D eigenvalue weighted by Crippen LogP contribution is -2.12. The number of aliphatic carboxylic acids is 1. The third kappa shape index (κ3) is 3.75. The third-order valence-electron chi connectivity index (χ3n) is 1.60. The van der Waals surface area contributed by atoms with Crippen LogP contribution in [0.5, 0.6) is 0 Å². The molecule has 0 spiro atoms. The van der Waals surface area contributed by atoms with Crippen LogP contribution >= 0.6 is 11.8 Å². The van der Waals surface area contributed by atoms with E-state index in [-0.39, 0.29) is 5.75 Å². The van der Waals surface area contributed by atoms with Gasteiger partial charge in [-0.25, -0.2) is 9.97 Å². The first kappa shape index (κ1) is 11.8. The lowest BCUT2D eigenvalue weighted by molar-refractivity contribution is -0.133. The van der Waals surface area contributed by atoms with Gasteiger partial charge in [-0.1, -0.05) is 11.8 Å². The van der Waals surface area contributed by atoms with Crippen LogP contribution in [0.4, 0.5) is 5.82 Å². The molecule has 0 saturated heterocycles. The van der Waals surface area contributed by atoms with E-state index in [1.54, 1.807) is 0 Å². The molecule has 0 aliphatic carbocycles. The fourth-order valence-corrected chi connectivity index (χ4v) is 1.56. The molecule has 0 radical (unpaired) electrons. The second-order valence-electron chi connectivity index (χ2n) is 3.23. The molecule has 0 aliphatic heterocycles. The quantitative estimate of drug-likeness (QED) is 0.612. The first-order chi connectivity index (χ1) is 6.99. The van der Waals surface area contributed by atoms with Crippen molar-refractivity contribution >= 4 is 23.5 Å². The van der Waals surface area contributed by atoms with Crippen LogP contribution in [0.15, 0.2) is 11.2 Å². The number of anilines is 1. The van der Waals surface area contributed by atoms with E-state index < -0.39 is 5.97 Å². The number of aryl methyl sites for hydroxylation is 1. The van der Waals surface area contributed by atoms with E-state index in [1.165, 1.54) is 0 Å². The highest BCUT2D eigenvalue weighted by molar-refractivity contribution is 7.99. The zero-order chi connectivity index (χ0) is 11.4. The summed E-state index contributed by atoms with van der Waals surface area (Å²) in [7, 11) is 3.76. The molecular weight excluding hydrogens is 214 g/mol. The van der Waals surface area contributed by atoms with E-state index >= 15 is 0 Å². The topological polar surface area (TPSA) is 66.3 Å². The molecule has 1 N–H and O–H groups in total. The normalized spacial score (nSPS) is 10.1. The van der Waals surface area contributed by atoms with Crippen molar-refractivity contribution in [3.63, 3.8) is 0 Å². The summed E-state index contributed by atoms with van der Waals surface area (Å²) in [5.41, 5.74) is 0.835. The van der Waals surface area contributed by atoms with Crippen LogP contribution in [-0.4, -0.2) is 40.9 Å². The van der Waals surface area contributed by atoms with Gasteiger partial charge in [0.15, 0.2) is 5.16 Å². The molecule has 0 saturated carbocycles. The fraction of sp³-hybridized carbons (Fsp3) is 0.444.